The number of benzene rings is 1. The zero-order valence-corrected chi connectivity index (χ0v) is 12.3. The van der Waals surface area contributed by atoms with Gasteiger partial charge in [0.15, 0.2) is 0 Å². The largest absolute Gasteiger partial charge is 0.379 e. The molecule has 2 aromatic rings. The summed E-state index contributed by atoms with van der Waals surface area (Å²) in [4.78, 5) is 22.3. The molecule has 1 aromatic carbocycles. The van der Waals surface area contributed by atoms with Gasteiger partial charge in [-0.15, -0.1) is 0 Å². The van der Waals surface area contributed by atoms with Crippen LogP contribution in [0.15, 0.2) is 24.3 Å². The van der Waals surface area contributed by atoms with E-state index < -0.39 is 0 Å². The van der Waals surface area contributed by atoms with Gasteiger partial charge in [-0.1, -0.05) is 12.1 Å². The monoisotopic (exact) mass is 301 g/mol. The second-order valence-corrected chi connectivity index (χ2v) is 5.95. The van der Waals surface area contributed by atoms with Crippen molar-refractivity contribution < 1.29 is 14.4 Å². The maximum atomic E-state index is 12.2. The van der Waals surface area contributed by atoms with Gasteiger partial charge in [0, 0.05) is 18.9 Å². The van der Waals surface area contributed by atoms with Crippen molar-refractivity contribution in [2.45, 2.75) is 37.8 Å². The van der Waals surface area contributed by atoms with Crippen molar-refractivity contribution in [2.75, 3.05) is 13.2 Å². The zero-order valence-electron chi connectivity index (χ0n) is 12.3. The van der Waals surface area contributed by atoms with E-state index in [0.717, 1.165) is 36.1 Å². The predicted molar refractivity (Wildman–Crippen MR) is 80.2 cm³/mol. The third kappa shape index (κ3) is 2.71. The molecule has 2 heterocycles. The van der Waals surface area contributed by atoms with Crippen LogP contribution in [0.1, 0.15) is 31.0 Å². The van der Waals surface area contributed by atoms with Gasteiger partial charge in [0.25, 0.3) is 5.91 Å². The zero-order chi connectivity index (χ0) is 14.9. The molecule has 2 fully saturated rings. The molecule has 1 N–H and O–H groups in total. The molecule has 2 aliphatic rings. The molecule has 1 amide bonds. The molecule has 1 aliphatic heterocycles. The highest BCUT2D eigenvalue weighted by atomic mass is 16.7. The van der Waals surface area contributed by atoms with E-state index in [1.807, 2.05) is 28.8 Å². The third-order valence-electron chi connectivity index (χ3n) is 4.16. The highest BCUT2D eigenvalue weighted by Crippen LogP contribution is 2.40. The molecule has 1 aliphatic carbocycles. The lowest BCUT2D eigenvalue weighted by atomic mass is 10.3. The van der Waals surface area contributed by atoms with Crippen molar-refractivity contribution in [1.82, 2.24) is 15.0 Å². The Morgan fingerprint density at radius 3 is 3.00 bits per heavy atom. The van der Waals surface area contributed by atoms with E-state index in [0.29, 0.717) is 19.1 Å². The number of nitrogens with one attached hydrogen (secondary N) is 1. The van der Waals surface area contributed by atoms with Gasteiger partial charge < -0.3 is 9.30 Å². The first-order valence-electron chi connectivity index (χ1n) is 7.78. The maximum absolute atomic E-state index is 12.2. The Kier molecular flexibility index (Phi) is 3.56. The van der Waals surface area contributed by atoms with Gasteiger partial charge in [0.2, 0.25) is 0 Å². The average Bonchev–Trinajstić information content (AvgIpc) is 3.12. The summed E-state index contributed by atoms with van der Waals surface area (Å²) in [7, 11) is 0. The van der Waals surface area contributed by atoms with Crippen LogP contribution in [0, 0.1) is 0 Å². The van der Waals surface area contributed by atoms with Crippen molar-refractivity contribution >= 4 is 16.9 Å². The fourth-order valence-electron chi connectivity index (χ4n) is 2.84. The van der Waals surface area contributed by atoms with Gasteiger partial charge in [-0.3, -0.25) is 9.63 Å². The van der Waals surface area contributed by atoms with E-state index >= 15 is 0 Å². The quantitative estimate of drug-likeness (QED) is 0.855. The summed E-state index contributed by atoms with van der Waals surface area (Å²) in [5.74, 6) is 1.35. The van der Waals surface area contributed by atoms with Crippen molar-refractivity contribution in [1.29, 1.82) is 0 Å². The Morgan fingerprint density at radius 1 is 1.36 bits per heavy atom. The minimum Gasteiger partial charge on any atom is -0.379 e. The van der Waals surface area contributed by atoms with Gasteiger partial charge in [-0.2, -0.15) is 0 Å². The molecule has 1 saturated carbocycles. The molecule has 0 radical (unpaired) electrons. The topological polar surface area (TPSA) is 65.4 Å². The lowest BCUT2D eigenvalue weighted by Crippen LogP contribution is -2.32. The number of hydrogen-bond acceptors (Lipinski definition) is 4. The van der Waals surface area contributed by atoms with E-state index in [-0.39, 0.29) is 18.6 Å². The van der Waals surface area contributed by atoms with Crippen LogP contribution in [0.4, 0.5) is 0 Å². The van der Waals surface area contributed by atoms with E-state index in [1.54, 1.807) is 0 Å². The van der Waals surface area contributed by atoms with Crippen LogP contribution in [0.25, 0.3) is 11.0 Å². The molecule has 6 heteroatoms. The number of hydroxylamine groups is 1. The van der Waals surface area contributed by atoms with Crippen molar-refractivity contribution in [3.8, 4) is 0 Å². The molecule has 1 saturated heterocycles. The normalized spacial score (nSPS) is 21.4. The third-order valence-corrected chi connectivity index (χ3v) is 4.16. The molecule has 4 rings (SSSR count). The first-order chi connectivity index (χ1) is 10.8. The molecule has 0 spiro atoms. The predicted octanol–water partition coefficient (Wildman–Crippen LogP) is 1.75. The molecule has 116 valence electrons. The molecule has 1 aromatic heterocycles. The Hall–Kier alpha value is -1.92. The smallest absolute Gasteiger partial charge is 0.263 e. The van der Waals surface area contributed by atoms with Gasteiger partial charge >= 0.3 is 0 Å². The minimum absolute atomic E-state index is 0.0358. The van der Waals surface area contributed by atoms with Crippen LogP contribution in [-0.2, 0) is 20.9 Å². The van der Waals surface area contributed by atoms with Gasteiger partial charge in [-0.25, -0.2) is 10.5 Å². The molecule has 1 atom stereocenters. The highest BCUT2D eigenvalue weighted by Gasteiger charge is 2.30. The van der Waals surface area contributed by atoms with Crippen LogP contribution in [-0.4, -0.2) is 34.8 Å². The van der Waals surface area contributed by atoms with E-state index in [9.17, 15) is 4.79 Å². The second-order valence-electron chi connectivity index (χ2n) is 5.95. The summed E-state index contributed by atoms with van der Waals surface area (Å²) < 4.78 is 7.23. The first-order valence-corrected chi connectivity index (χ1v) is 7.78. The lowest BCUT2D eigenvalue weighted by molar-refractivity contribution is -0.139. The van der Waals surface area contributed by atoms with Crippen LogP contribution in [0.3, 0.4) is 0 Å². The summed E-state index contributed by atoms with van der Waals surface area (Å²) in [6.45, 7) is 1.47. The molecular formula is C16H19N3O3. The van der Waals surface area contributed by atoms with Crippen molar-refractivity contribution in [3.05, 3.63) is 30.1 Å². The van der Waals surface area contributed by atoms with Gasteiger partial charge in [0.1, 0.15) is 18.5 Å². The number of aromatic nitrogens is 2. The Balaban J connectivity index is 1.50. The number of ether oxygens (including phenoxy) is 1. The number of hydrogen-bond donors (Lipinski definition) is 1. The van der Waals surface area contributed by atoms with Crippen LogP contribution < -0.4 is 5.48 Å². The molecule has 22 heavy (non-hydrogen) atoms. The highest BCUT2D eigenvalue weighted by molar-refractivity contribution is 5.80. The molecular weight excluding hydrogens is 282 g/mol. The number of amides is 1. The maximum Gasteiger partial charge on any atom is 0.263 e. The average molecular weight is 301 g/mol. The molecule has 6 nitrogen and oxygen atoms in total. The van der Waals surface area contributed by atoms with Crippen molar-refractivity contribution in [3.63, 3.8) is 0 Å². The Labute approximate surface area is 128 Å². The Bertz CT molecular complexity index is 687. The fraction of sp³-hybridized carbons (Fsp3) is 0.500. The van der Waals surface area contributed by atoms with E-state index in [4.69, 9.17) is 9.57 Å². The second kappa shape index (κ2) is 5.70. The van der Waals surface area contributed by atoms with Gasteiger partial charge in [-0.05, 0) is 25.0 Å². The fourth-order valence-corrected chi connectivity index (χ4v) is 2.84. The molecule has 0 bridgehead atoms. The minimum atomic E-state index is -0.156. The summed E-state index contributed by atoms with van der Waals surface area (Å²) in [6, 6.07) is 7.94. The summed E-state index contributed by atoms with van der Waals surface area (Å²) in [5, 5.41) is 0. The van der Waals surface area contributed by atoms with E-state index in [1.165, 1.54) is 0 Å². The van der Waals surface area contributed by atoms with Crippen molar-refractivity contribution in [2.24, 2.45) is 0 Å². The lowest BCUT2D eigenvalue weighted by Gasteiger charge is -2.12. The standard InChI is InChI=1S/C16H19N3O3/c20-15(18-22-12-7-8-21-10-12)9-19-14-4-2-1-3-13(14)17-16(19)11-5-6-11/h1-4,11-12H,5-10H2,(H,18,20). The number of carbonyl (C=O) groups is 1. The SMILES string of the molecule is O=C(Cn1c(C2CC2)nc2ccccc21)NOC1CCOC1. The summed E-state index contributed by atoms with van der Waals surface area (Å²) in [6.07, 6.45) is 3.09. The number of rotatable bonds is 5. The number of fused-ring (bicyclic) bond motifs is 1. The number of imidazole rings is 1. The van der Waals surface area contributed by atoms with Crippen LogP contribution >= 0.6 is 0 Å². The number of carbonyl (C=O) groups excluding carboxylic acids is 1. The van der Waals surface area contributed by atoms with Gasteiger partial charge in [0.05, 0.1) is 17.6 Å². The Morgan fingerprint density at radius 2 is 2.23 bits per heavy atom. The summed E-state index contributed by atoms with van der Waals surface area (Å²) in [5.41, 5.74) is 4.50. The van der Waals surface area contributed by atoms with Crippen LogP contribution in [0.2, 0.25) is 0 Å². The number of para-hydroxylation sites is 2. The summed E-state index contributed by atoms with van der Waals surface area (Å²) >= 11 is 0. The van der Waals surface area contributed by atoms with E-state index in [2.05, 4.69) is 10.5 Å². The van der Waals surface area contributed by atoms with Crippen LogP contribution in [0.5, 0.6) is 0 Å². The number of nitrogens with zero attached hydrogens (tertiary/aromatic N) is 2. The molecule has 1 unspecified atom stereocenters. The first kappa shape index (κ1) is 13.7.